The third-order valence-electron chi connectivity index (χ3n) is 2.57. The molecule has 0 aliphatic carbocycles. The second-order valence-corrected chi connectivity index (χ2v) is 5.62. The highest BCUT2D eigenvalue weighted by Crippen LogP contribution is 2.34. The van der Waals surface area contributed by atoms with E-state index in [2.05, 4.69) is 0 Å². The van der Waals surface area contributed by atoms with Crippen molar-refractivity contribution in [1.82, 2.24) is 0 Å². The first-order chi connectivity index (χ1) is 9.11. The van der Waals surface area contributed by atoms with Crippen LogP contribution >= 0.6 is 34.5 Å². The van der Waals surface area contributed by atoms with Gasteiger partial charge in [0.1, 0.15) is 0 Å². The maximum atomic E-state index is 11.6. The van der Waals surface area contributed by atoms with Crippen molar-refractivity contribution in [2.75, 3.05) is 6.61 Å². The summed E-state index contributed by atoms with van der Waals surface area (Å²) < 4.78 is 4.97. The van der Waals surface area contributed by atoms with E-state index in [1.165, 1.54) is 0 Å². The fourth-order valence-electron chi connectivity index (χ4n) is 1.73. The number of hydrogen-bond acceptors (Lipinski definition) is 3. The Balaban J connectivity index is 2.28. The predicted octanol–water partition coefficient (Wildman–Crippen LogP) is 4.83. The number of ether oxygens (including phenoxy) is 1. The van der Waals surface area contributed by atoms with Crippen molar-refractivity contribution in [3.8, 4) is 10.4 Å². The standard InChI is InChI=1S/C14H12Cl2O2S/c1-2-18-13(17)8-10-5-6-19-14(10)9-3-4-11(15)12(16)7-9/h3-7H,2,8H2,1H3. The van der Waals surface area contributed by atoms with Crippen molar-refractivity contribution in [2.24, 2.45) is 0 Å². The van der Waals surface area contributed by atoms with E-state index in [-0.39, 0.29) is 12.4 Å². The minimum Gasteiger partial charge on any atom is -0.466 e. The van der Waals surface area contributed by atoms with Gasteiger partial charge in [-0.25, -0.2) is 0 Å². The number of halogens is 2. The summed E-state index contributed by atoms with van der Waals surface area (Å²) in [4.78, 5) is 12.6. The minimum atomic E-state index is -0.220. The Labute approximate surface area is 125 Å². The molecule has 0 spiro atoms. The summed E-state index contributed by atoms with van der Waals surface area (Å²) in [5.41, 5.74) is 1.91. The summed E-state index contributed by atoms with van der Waals surface area (Å²) in [5.74, 6) is -0.220. The Bertz CT molecular complexity index is 593. The van der Waals surface area contributed by atoms with E-state index in [9.17, 15) is 4.79 Å². The topological polar surface area (TPSA) is 26.3 Å². The van der Waals surface area contributed by atoms with Crippen LogP contribution in [0.25, 0.3) is 10.4 Å². The molecular formula is C14H12Cl2O2S. The average Bonchev–Trinajstić information content (AvgIpc) is 2.81. The van der Waals surface area contributed by atoms with Crippen molar-refractivity contribution in [3.05, 3.63) is 45.3 Å². The van der Waals surface area contributed by atoms with Crippen LogP contribution in [-0.4, -0.2) is 12.6 Å². The summed E-state index contributed by atoms with van der Waals surface area (Å²) in [6.45, 7) is 2.19. The van der Waals surface area contributed by atoms with Gasteiger partial charge in [-0.2, -0.15) is 0 Å². The van der Waals surface area contributed by atoms with Crippen LogP contribution in [0.4, 0.5) is 0 Å². The molecule has 0 bridgehead atoms. The van der Waals surface area contributed by atoms with Gasteiger partial charge in [0.25, 0.3) is 0 Å². The molecule has 0 saturated heterocycles. The second kappa shape index (κ2) is 6.42. The zero-order valence-electron chi connectivity index (χ0n) is 10.3. The smallest absolute Gasteiger partial charge is 0.310 e. The van der Waals surface area contributed by atoms with E-state index in [1.54, 1.807) is 24.3 Å². The molecule has 0 atom stereocenters. The van der Waals surface area contributed by atoms with Crippen molar-refractivity contribution in [3.63, 3.8) is 0 Å². The maximum Gasteiger partial charge on any atom is 0.310 e. The highest BCUT2D eigenvalue weighted by molar-refractivity contribution is 7.13. The third kappa shape index (κ3) is 3.50. The molecule has 1 aromatic heterocycles. The zero-order valence-corrected chi connectivity index (χ0v) is 12.6. The van der Waals surface area contributed by atoms with Gasteiger partial charge in [0.15, 0.2) is 0 Å². The predicted molar refractivity (Wildman–Crippen MR) is 80.1 cm³/mol. The minimum absolute atomic E-state index is 0.220. The van der Waals surface area contributed by atoms with Gasteiger partial charge in [-0.1, -0.05) is 29.3 Å². The Morgan fingerprint density at radius 1 is 1.26 bits per heavy atom. The van der Waals surface area contributed by atoms with Crippen molar-refractivity contribution in [2.45, 2.75) is 13.3 Å². The van der Waals surface area contributed by atoms with Crippen molar-refractivity contribution >= 4 is 40.5 Å². The quantitative estimate of drug-likeness (QED) is 0.756. The molecule has 1 heterocycles. The Kier molecular flexibility index (Phi) is 4.86. The van der Waals surface area contributed by atoms with Crippen LogP contribution in [0.1, 0.15) is 12.5 Å². The van der Waals surface area contributed by atoms with Crippen LogP contribution in [0.5, 0.6) is 0 Å². The highest BCUT2D eigenvalue weighted by Gasteiger charge is 2.12. The molecule has 0 saturated carbocycles. The van der Waals surface area contributed by atoms with Gasteiger partial charge in [0.05, 0.1) is 23.1 Å². The van der Waals surface area contributed by atoms with Crippen LogP contribution in [0.2, 0.25) is 10.0 Å². The molecule has 0 radical (unpaired) electrons. The van der Waals surface area contributed by atoms with E-state index in [1.807, 2.05) is 23.6 Å². The van der Waals surface area contributed by atoms with Crippen LogP contribution in [0, 0.1) is 0 Å². The first-order valence-electron chi connectivity index (χ1n) is 5.79. The summed E-state index contributed by atoms with van der Waals surface area (Å²) in [6, 6.07) is 7.39. The Morgan fingerprint density at radius 2 is 2.05 bits per heavy atom. The number of esters is 1. The molecule has 1 aromatic carbocycles. The summed E-state index contributed by atoms with van der Waals surface area (Å²) in [5, 5.41) is 2.98. The fourth-order valence-corrected chi connectivity index (χ4v) is 2.95. The van der Waals surface area contributed by atoms with Crippen LogP contribution < -0.4 is 0 Å². The monoisotopic (exact) mass is 314 g/mol. The third-order valence-corrected chi connectivity index (χ3v) is 4.31. The number of benzene rings is 1. The number of rotatable bonds is 4. The Hall–Kier alpha value is -1.03. The maximum absolute atomic E-state index is 11.6. The first-order valence-corrected chi connectivity index (χ1v) is 7.42. The normalized spacial score (nSPS) is 10.5. The number of carbonyl (C=O) groups excluding carboxylic acids is 1. The lowest BCUT2D eigenvalue weighted by molar-refractivity contribution is -0.142. The number of carbonyl (C=O) groups is 1. The lowest BCUT2D eigenvalue weighted by Gasteiger charge is -2.05. The molecule has 2 nitrogen and oxygen atoms in total. The zero-order chi connectivity index (χ0) is 13.8. The molecule has 0 unspecified atom stereocenters. The van der Waals surface area contributed by atoms with Gasteiger partial charge in [0, 0.05) is 4.88 Å². The summed E-state index contributed by atoms with van der Waals surface area (Å²) >= 11 is 13.5. The average molecular weight is 315 g/mol. The molecule has 19 heavy (non-hydrogen) atoms. The summed E-state index contributed by atoms with van der Waals surface area (Å²) in [6.07, 6.45) is 0.271. The van der Waals surface area contributed by atoms with Gasteiger partial charge in [-0.15, -0.1) is 11.3 Å². The molecule has 0 N–H and O–H groups in total. The van der Waals surface area contributed by atoms with Crippen LogP contribution in [0.3, 0.4) is 0 Å². The highest BCUT2D eigenvalue weighted by atomic mass is 35.5. The lowest BCUT2D eigenvalue weighted by Crippen LogP contribution is -2.07. The molecule has 2 aromatic rings. The van der Waals surface area contributed by atoms with Gasteiger partial charge >= 0.3 is 5.97 Å². The van der Waals surface area contributed by atoms with Gasteiger partial charge in [-0.05, 0) is 41.6 Å². The molecule has 0 fully saturated rings. The van der Waals surface area contributed by atoms with E-state index in [0.29, 0.717) is 16.7 Å². The number of hydrogen-bond donors (Lipinski definition) is 0. The van der Waals surface area contributed by atoms with Gasteiger partial charge < -0.3 is 4.74 Å². The molecule has 0 aliphatic heterocycles. The molecule has 100 valence electrons. The SMILES string of the molecule is CCOC(=O)Cc1ccsc1-c1ccc(Cl)c(Cl)c1. The molecular weight excluding hydrogens is 303 g/mol. The van der Waals surface area contributed by atoms with Crippen LogP contribution in [0.15, 0.2) is 29.6 Å². The van der Waals surface area contributed by atoms with Gasteiger partial charge in [-0.3, -0.25) is 4.79 Å². The summed E-state index contributed by atoms with van der Waals surface area (Å²) in [7, 11) is 0. The number of thiophene rings is 1. The van der Waals surface area contributed by atoms with E-state index in [4.69, 9.17) is 27.9 Å². The van der Waals surface area contributed by atoms with Crippen molar-refractivity contribution < 1.29 is 9.53 Å². The fraction of sp³-hybridized carbons (Fsp3) is 0.214. The van der Waals surface area contributed by atoms with E-state index in [0.717, 1.165) is 16.0 Å². The lowest BCUT2D eigenvalue weighted by atomic mass is 10.1. The molecule has 2 rings (SSSR count). The van der Waals surface area contributed by atoms with Crippen LogP contribution in [-0.2, 0) is 16.0 Å². The molecule has 0 amide bonds. The van der Waals surface area contributed by atoms with Gasteiger partial charge in [0.2, 0.25) is 0 Å². The molecule has 0 aliphatic rings. The van der Waals surface area contributed by atoms with E-state index >= 15 is 0 Å². The Morgan fingerprint density at radius 3 is 2.74 bits per heavy atom. The second-order valence-electron chi connectivity index (χ2n) is 3.89. The van der Waals surface area contributed by atoms with E-state index < -0.39 is 0 Å². The first kappa shape index (κ1) is 14.4. The van der Waals surface area contributed by atoms with Crippen molar-refractivity contribution in [1.29, 1.82) is 0 Å². The largest absolute Gasteiger partial charge is 0.466 e. The molecule has 5 heteroatoms.